The predicted octanol–water partition coefficient (Wildman–Crippen LogP) is 5.86. The SMILES string of the molecule is Cc1cccc(CC(O)(CC2(c3cc(C(F)(F)F)ccc3F)CC2)C(=O)Nc2ccc3c(c2)COC3=O)c1. The Morgan fingerprint density at radius 1 is 1.08 bits per heavy atom. The number of fused-ring (bicyclic) bond motifs is 1. The van der Waals surface area contributed by atoms with Crippen molar-refractivity contribution >= 4 is 17.6 Å². The van der Waals surface area contributed by atoms with E-state index >= 15 is 0 Å². The van der Waals surface area contributed by atoms with Crippen molar-refractivity contribution in [3.8, 4) is 0 Å². The van der Waals surface area contributed by atoms with Gasteiger partial charge in [0.05, 0.1) is 11.1 Å². The molecule has 38 heavy (non-hydrogen) atoms. The lowest BCUT2D eigenvalue weighted by molar-refractivity contribution is -0.138. The van der Waals surface area contributed by atoms with Gasteiger partial charge in [0.25, 0.3) is 5.91 Å². The summed E-state index contributed by atoms with van der Waals surface area (Å²) in [6, 6.07) is 14.0. The maximum Gasteiger partial charge on any atom is 0.416 e. The first-order valence-electron chi connectivity index (χ1n) is 12.2. The number of rotatable bonds is 7. The molecule has 9 heteroatoms. The highest BCUT2D eigenvalue weighted by atomic mass is 19.4. The molecule has 3 aromatic rings. The second-order valence-electron chi connectivity index (χ2n) is 10.2. The number of esters is 1. The van der Waals surface area contributed by atoms with Gasteiger partial charge in [-0.2, -0.15) is 13.2 Å². The number of ether oxygens (including phenoxy) is 1. The van der Waals surface area contributed by atoms with Crippen molar-refractivity contribution in [1.82, 2.24) is 0 Å². The smallest absolute Gasteiger partial charge is 0.416 e. The Morgan fingerprint density at radius 2 is 1.84 bits per heavy atom. The Labute approximate surface area is 216 Å². The zero-order valence-electron chi connectivity index (χ0n) is 20.5. The van der Waals surface area contributed by atoms with E-state index in [9.17, 15) is 32.3 Å². The largest absolute Gasteiger partial charge is 0.457 e. The highest BCUT2D eigenvalue weighted by Crippen LogP contribution is 2.55. The molecule has 0 aromatic heterocycles. The summed E-state index contributed by atoms with van der Waals surface area (Å²) in [4.78, 5) is 25.4. The average Bonchev–Trinajstić information content (AvgIpc) is 3.52. The molecule has 1 fully saturated rings. The molecule has 198 valence electrons. The molecule has 0 saturated heterocycles. The number of aliphatic hydroxyl groups is 1. The van der Waals surface area contributed by atoms with Gasteiger partial charge in [-0.1, -0.05) is 29.8 Å². The van der Waals surface area contributed by atoms with E-state index in [0.717, 1.165) is 17.7 Å². The van der Waals surface area contributed by atoms with Gasteiger partial charge in [-0.05, 0) is 73.7 Å². The minimum absolute atomic E-state index is 0.0589. The zero-order valence-corrected chi connectivity index (χ0v) is 20.5. The summed E-state index contributed by atoms with van der Waals surface area (Å²) in [5.41, 5.74) is -1.50. The van der Waals surface area contributed by atoms with Gasteiger partial charge in [0.1, 0.15) is 18.0 Å². The number of anilines is 1. The molecule has 1 aliphatic heterocycles. The molecular weight excluding hydrogens is 502 g/mol. The molecule has 0 spiro atoms. The van der Waals surface area contributed by atoms with Crippen LogP contribution in [0.1, 0.15) is 57.4 Å². The maximum atomic E-state index is 14.9. The van der Waals surface area contributed by atoms with E-state index in [1.165, 1.54) is 12.1 Å². The lowest BCUT2D eigenvalue weighted by Gasteiger charge is -2.32. The van der Waals surface area contributed by atoms with Crippen molar-refractivity contribution in [3.05, 3.63) is 99.9 Å². The van der Waals surface area contributed by atoms with Crippen LogP contribution >= 0.6 is 0 Å². The molecule has 3 aromatic carbocycles. The van der Waals surface area contributed by atoms with Crippen LogP contribution in [0.5, 0.6) is 0 Å². The third kappa shape index (κ3) is 5.03. The molecule has 5 nitrogen and oxygen atoms in total. The van der Waals surface area contributed by atoms with Crippen LogP contribution in [-0.2, 0) is 34.2 Å². The molecule has 1 unspecified atom stereocenters. The monoisotopic (exact) mass is 527 g/mol. The van der Waals surface area contributed by atoms with Gasteiger partial charge in [-0.25, -0.2) is 9.18 Å². The normalized spacial score (nSPS) is 17.4. The third-order valence-corrected chi connectivity index (χ3v) is 7.29. The summed E-state index contributed by atoms with van der Waals surface area (Å²) in [6.07, 6.45) is -4.41. The molecule has 1 aliphatic carbocycles. The third-order valence-electron chi connectivity index (χ3n) is 7.29. The van der Waals surface area contributed by atoms with Crippen molar-refractivity contribution in [2.45, 2.75) is 56.4 Å². The average molecular weight is 528 g/mol. The topological polar surface area (TPSA) is 75.6 Å². The number of carbonyl (C=O) groups excluding carboxylic acids is 2. The number of benzene rings is 3. The first kappa shape index (κ1) is 25.9. The van der Waals surface area contributed by atoms with Crippen LogP contribution in [0.25, 0.3) is 0 Å². The lowest BCUT2D eigenvalue weighted by atomic mass is 9.78. The lowest BCUT2D eigenvalue weighted by Crippen LogP contribution is -2.47. The second-order valence-corrected chi connectivity index (χ2v) is 10.2. The minimum Gasteiger partial charge on any atom is -0.457 e. The summed E-state index contributed by atoms with van der Waals surface area (Å²) in [5.74, 6) is -2.05. The van der Waals surface area contributed by atoms with E-state index in [1.54, 1.807) is 24.3 Å². The van der Waals surface area contributed by atoms with Crippen molar-refractivity contribution < 1.29 is 37.0 Å². The van der Waals surface area contributed by atoms with Crippen LogP contribution in [0.3, 0.4) is 0 Å². The number of amides is 1. The summed E-state index contributed by atoms with van der Waals surface area (Å²) >= 11 is 0. The van der Waals surface area contributed by atoms with Crippen LogP contribution in [0.2, 0.25) is 0 Å². The molecule has 1 heterocycles. The fourth-order valence-corrected chi connectivity index (χ4v) is 5.20. The zero-order chi connectivity index (χ0) is 27.3. The van der Waals surface area contributed by atoms with Gasteiger partial charge in [-0.15, -0.1) is 0 Å². The van der Waals surface area contributed by atoms with Crippen LogP contribution in [-0.4, -0.2) is 22.6 Å². The Bertz CT molecular complexity index is 1430. The standard InChI is InChI=1S/C29H25F4NO4/c1-17-3-2-4-18(11-17)14-28(37,26(36)34-21-6-7-22-19(12-21)15-38-25(22)35)16-27(9-10-27)23-13-20(29(31,32)33)5-8-24(23)30/h2-8,11-13,37H,9-10,14-16H2,1H3,(H,34,36). The maximum absolute atomic E-state index is 14.9. The van der Waals surface area contributed by atoms with E-state index in [1.807, 2.05) is 13.0 Å². The molecule has 2 N–H and O–H groups in total. The highest BCUT2D eigenvalue weighted by molar-refractivity contribution is 5.99. The number of nitrogens with one attached hydrogen (secondary N) is 1. The summed E-state index contributed by atoms with van der Waals surface area (Å²) < 4.78 is 60.0. The first-order valence-corrected chi connectivity index (χ1v) is 12.2. The summed E-state index contributed by atoms with van der Waals surface area (Å²) in [5, 5.41) is 14.5. The number of cyclic esters (lactones) is 1. The van der Waals surface area contributed by atoms with Crippen LogP contribution in [0.15, 0.2) is 60.7 Å². The Morgan fingerprint density at radius 3 is 2.53 bits per heavy atom. The number of carbonyl (C=O) groups is 2. The van der Waals surface area contributed by atoms with E-state index in [4.69, 9.17) is 4.74 Å². The minimum atomic E-state index is -4.66. The number of alkyl halides is 3. The second kappa shape index (κ2) is 9.23. The van der Waals surface area contributed by atoms with Gasteiger partial charge >= 0.3 is 12.1 Å². The summed E-state index contributed by atoms with van der Waals surface area (Å²) in [6.45, 7) is 1.92. The number of hydrogen-bond donors (Lipinski definition) is 2. The number of hydrogen-bond acceptors (Lipinski definition) is 4. The predicted molar refractivity (Wildman–Crippen MR) is 131 cm³/mol. The first-order chi connectivity index (χ1) is 17.9. The molecule has 2 aliphatic rings. The van der Waals surface area contributed by atoms with Gasteiger partial charge in [0, 0.05) is 23.1 Å². The summed E-state index contributed by atoms with van der Waals surface area (Å²) in [7, 11) is 0. The van der Waals surface area contributed by atoms with Gasteiger partial charge in [0.15, 0.2) is 0 Å². The van der Waals surface area contributed by atoms with Crippen molar-refractivity contribution in [2.75, 3.05) is 5.32 Å². The van der Waals surface area contributed by atoms with E-state index in [2.05, 4.69) is 5.32 Å². The fraction of sp³-hybridized carbons (Fsp3) is 0.310. The van der Waals surface area contributed by atoms with Crippen molar-refractivity contribution in [2.24, 2.45) is 0 Å². The molecule has 1 saturated carbocycles. The van der Waals surface area contributed by atoms with Gasteiger partial charge in [-0.3, -0.25) is 4.79 Å². The van der Waals surface area contributed by atoms with Crippen LogP contribution < -0.4 is 5.32 Å². The van der Waals surface area contributed by atoms with E-state index in [0.29, 0.717) is 41.3 Å². The Hall–Kier alpha value is -3.72. The highest BCUT2D eigenvalue weighted by Gasteiger charge is 2.54. The Balaban J connectivity index is 1.49. The van der Waals surface area contributed by atoms with Gasteiger partial charge in [0.2, 0.25) is 0 Å². The molecule has 0 bridgehead atoms. The molecule has 5 rings (SSSR count). The van der Waals surface area contributed by atoms with Crippen molar-refractivity contribution in [1.29, 1.82) is 0 Å². The van der Waals surface area contributed by atoms with Gasteiger partial charge < -0.3 is 15.2 Å². The quantitative estimate of drug-likeness (QED) is 0.298. The van der Waals surface area contributed by atoms with Crippen LogP contribution in [0.4, 0.5) is 23.2 Å². The Kier molecular flexibility index (Phi) is 6.30. The fourth-order valence-electron chi connectivity index (χ4n) is 5.20. The van der Waals surface area contributed by atoms with E-state index < -0.39 is 40.4 Å². The molecule has 1 atom stereocenters. The van der Waals surface area contributed by atoms with Crippen molar-refractivity contribution in [3.63, 3.8) is 0 Å². The molecule has 0 radical (unpaired) electrons. The van der Waals surface area contributed by atoms with Crippen LogP contribution in [0, 0.1) is 12.7 Å². The number of halogens is 4. The van der Waals surface area contributed by atoms with E-state index in [-0.39, 0.29) is 25.0 Å². The molecule has 1 amide bonds. The molecular formula is C29H25F4NO4. The number of aryl methyl sites for hydroxylation is 1.